The Balaban J connectivity index is 1.59. The molecule has 5 heteroatoms. The lowest BCUT2D eigenvalue weighted by Gasteiger charge is -2.33. The standard InChI is InChI=1S/C23H23N3O2/c1-15-14-20(22(27)25-24-15)17-10-12-18(13-11-17)23(28)26(2)21-9-5-7-16-6-3-4-8-19(16)21/h3-4,6,8,10-14,21H,5,7,9H2,1-2H3,(H,25,27)/t21-/m0/s1. The van der Waals surface area contributed by atoms with Gasteiger partial charge in [0.25, 0.3) is 11.5 Å². The van der Waals surface area contributed by atoms with Crippen LogP contribution in [0.4, 0.5) is 0 Å². The molecular weight excluding hydrogens is 350 g/mol. The van der Waals surface area contributed by atoms with Crippen LogP contribution < -0.4 is 5.56 Å². The molecule has 0 bridgehead atoms. The number of aromatic amines is 1. The molecule has 1 aliphatic carbocycles. The van der Waals surface area contributed by atoms with Gasteiger partial charge in [-0.15, -0.1) is 0 Å². The number of hydrogen-bond donors (Lipinski definition) is 1. The second-order valence-electron chi connectivity index (χ2n) is 7.35. The molecular formula is C23H23N3O2. The predicted molar refractivity (Wildman–Crippen MR) is 109 cm³/mol. The molecule has 1 aromatic heterocycles. The molecule has 1 amide bonds. The van der Waals surface area contributed by atoms with E-state index in [2.05, 4.69) is 28.4 Å². The zero-order valence-electron chi connectivity index (χ0n) is 16.1. The lowest BCUT2D eigenvalue weighted by atomic mass is 9.87. The third-order valence-electron chi connectivity index (χ3n) is 5.50. The molecule has 1 atom stereocenters. The summed E-state index contributed by atoms with van der Waals surface area (Å²) >= 11 is 0. The van der Waals surface area contributed by atoms with Crippen molar-refractivity contribution in [1.82, 2.24) is 15.1 Å². The van der Waals surface area contributed by atoms with Crippen LogP contribution in [0.15, 0.2) is 59.4 Å². The summed E-state index contributed by atoms with van der Waals surface area (Å²) in [5.41, 5.74) is 5.04. The van der Waals surface area contributed by atoms with E-state index in [9.17, 15) is 9.59 Å². The maximum absolute atomic E-state index is 13.1. The number of nitrogens with one attached hydrogen (secondary N) is 1. The molecule has 1 heterocycles. The van der Waals surface area contributed by atoms with Crippen LogP contribution in [0, 0.1) is 6.92 Å². The first kappa shape index (κ1) is 18.2. The van der Waals surface area contributed by atoms with E-state index in [0.717, 1.165) is 30.5 Å². The fourth-order valence-corrected chi connectivity index (χ4v) is 3.99. The molecule has 0 unspecified atom stereocenters. The summed E-state index contributed by atoms with van der Waals surface area (Å²) < 4.78 is 0. The molecule has 0 fully saturated rings. The molecule has 0 saturated heterocycles. The Morgan fingerprint density at radius 3 is 2.68 bits per heavy atom. The lowest BCUT2D eigenvalue weighted by molar-refractivity contribution is 0.0715. The van der Waals surface area contributed by atoms with Crippen LogP contribution in [-0.2, 0) is 6.42 Å². The van der Waals surface area contributed by atoms with Gasteiger partial charge in [-0.05, 0) is 61.1 Å². The summed E-state index contributed by atoms with van der Waals surface area (Å²) in [7, 11) is 1.87. The minimum atomic E-state index is -0.236. The van der Waals surface area contributed by atoms with Gasteiger partial charge in [0.1, 0.15) is 0 Å². The number of H-pyrrole nitrogens is 1. The molecule has 142 valence electrons. The number of rotatable bonds is 3. The number of benzene rings is 2. The van der Waals surface area contributed by atoms with E-state index >= 15 is 0 Å². The van der Waals surface area contributed by atoms with Crippen LogP contribution in [0.1, 0.15) is 46.1 Å². The number of aryl methyl sites for hydroxylation is 2. The van der Waals surface area contributed by atoms with Gasteiger partial charge in [0.15, 0.2) is 0 Å². The monoisotopic (exact) mass is 373 g/mol. The van der Waals surface area contributed by atoms with E-state index in [1.807, 2.05) is 37.1 Å². The molecule has 0 saturated carbocycles. The third kappa shape index (κ3) is 3.36. The largest absolute Gasteiger partial charge is 0.335 e. The second-order valence-corrected chi connectivity index (χ2v) is 7.35. The number of hydrogen-bond acceptors (Lipinski definition) is 3. The van der Waals surface area contributed by atoms with Crippen molar-refractivity contribution < 1.29 is 4.79 Å². The number of carbonyl (C=O) groups is 1. The minimum Gasteiger partial charge on any atom is -0.335 e. The van der Waals surface area contributed by atoms with Crippen LogP contribution in [0.3, 0.4) is 0 Å². The van der Waals surface area contributed by atoms with Crippen LogP contribution in [-0.4, -0.2) is 28.1 Å². The third-order valence-corrected chi connectivity index (χ3v) is 5.50. The molecule has 0 aliphatic heterocycles. The van der Waals surface area contributed by atoms with E-state index in [1.54, 1.807) is 18.2 Å². The summed E-state index contributed by atoms with van der Waals surface area (Å²) in [5.74, 6) is -0.00642. The highest BCUT2D eigenvalue weighted by atomic mass is 16.2. The normalized spacial score (nSPS) is 15.7. The first-order chi connectivity index (χ1) is 13.5. The van der Waals surface area contributed by atoms with Gasteiger partial charge in [-0.3, -0.25) is 9.59 Å². The highest BCUT2D eigenvalue weighted by molar-refractivity contribution is 5.94. The van der Waals surface area contributed by atoms with Gasteiger partial charge in [0, 0.05) is 12.6 Å². The summed E-state index contributed by atoms with van der Waals surface area (Å²) in [4.78, 5) is 26.9. The highest BCUT2D eigenvalue weighted by Gasteiger charge is 2.27. The second kappa shape index (κ2) is 7.43. The Morgan fingerprint density at radius 1 is 1.14 bits per heavy atom. The van der Waals surface area contributed by atoms with E-state index in [-0.39, 0.29) is 17.5 Å². The Labute approximate surface area is 164 Å². The number of amides is 1. The summed E-state index contributed by atoms with van der Waals surface area (Å²) in [6, 6.07) is 17.5. The molecule has 5 nitrogen and oxygen atoms in total. The molecule has 3 aromatic rings. The predicted octanol–water partition coefficient (Wildman–Crippen LogP) is 3.89. The van der Waals surface area contributed by atoms with Gasteiger partial charge in [0.05, 0.1) is 17.3 Å². The average molecular weight is 373 g/mol. The zero-order chi connectivity index (χ0) is 19.7. The first-order valence-corrected chi connectivity index (χ1v) is 9.56. The van der Waals surface area contributed by atoms with Crippen LogP contribution >= 0.6 is 0 Å². The van der Waals surface area contributed by atoms with E-state index < -0.39 is 0 Å². The van der Waals surface area contributed by atoms with Crippen molar-refractivity contribution in [2.45, 2.75) is 32.2 Å². The van der Waals surface area contributed by atoms with Crippen molar-refractivity contribution in [2.24, 2.45) is 0 Å². The van der Waals surface area contributed by atoms with E-state index in [4.69, 9.17) is 0 Å². The van der Waals surface area contributed by atoms with E-state index in [1.165, 1.54) is 11.1 Å². The van der Waals surface area contributed by atoms with Crippen molar-refractivity contribution in [3.8, 4) is 11.1 Å². The smallest absolute Gasteiger partial charge is 0.272 e. The molecule has 1 N–H and O–H groups in total. The summed E-state index contributed by atoms with van der Waals surface area (Å²) in [5, 5.41) is 6.40. The van der Waals surface area contributed by atoms with Crippen LogP contribution in [0.5, 0.6) is 0 Å². The Kier molecular flexibility index (Phi) is 4.82. The SMILES string of the molecule is Cc1cc(-c2ccc(C(=O)N(C)[C@H]3CCCc4ccccc43)cc2)c(=O)[nH]n1. The molecule has 0 spiro atoms. The number of nitrogens with zero attached hydrogens (tertiary/aromatic N) is 2. The average Bonchev–Trinajstić information content (AvgIpc) is 2.74. The fraction of sp³-hybridized carbons (Fsp3) is 0.261. The Bertz CT molecular complexity index is 1070. The van der Waals surface area contributed by atoms with Gasteiger partial charge >= 0.3 is 0 Å². The molecule has 4 rings (SSSR count). The number of aromatic nitrogens is 2. The van der Waals surface area contributed by atoms with Gasteiger partial charge in [-0.25, -0.2) is 5.10 Å². The van der Waals surface area contributed by atoms with E-state index in [0.29, 0.717) is 11.1 Å². The zero-order valence-corrected chi connectivity index (χ0v) is 16.1. The highest BCUT2D eigenvalue weighted by Crippen LogP contribution is 2.34. The number of carbonyl (C=O) groups excluding carboxylic acids is 1. The summed E-state index contributed by atoms with van der Waals surface area (Å²) in [6.07, 6.45) is 3.13. The van der Waals surface area contributed by atoms with Gasteiger partial charge < -0.3 is 4.90 Å². The fourth-order valence-electron chi connectivity index (χ4n) is 3.99. The minimum absolute atomic E-state index is 0.00642. The molecule has 1 aliphatic rings. The van der Waals surface area contributed by atoms with Gasteiger partial charge in [0.2, 0.25) is 0 Å². The van der Waals surface area contributed by atoms with Crippen molar-refractivity contribution in [1.29, 1.82) is 0 Å². The Hall–Kier alpha value is -3.21. The maximum Gasteiger partial charge on any atom is 0.272 e. The lowest BCUT2D eigenvalue weighted by Crippen LogP contribution is -2.33. The van der Waals surface area contributed by atoms with Crippen molar-refractivity contribution in [2.75, 3.05) is 7.05 Å². The van der Waals surface area contributed by atoms with Crippen molar-refractivity contribution >= 4 is 5.91 Å². The van der Waals surface area contributed by atoms with Crippen molar-refractivity contribution in [3.63, 3.8) is 0 Å². The molecule has 28 heavy (non-hydrogen) atoms. The van der Waals surface area contributed by atoms with Gasteiger partial charge in [-0.1, -0.05) is 36.4 Å². The number of fused-ring (bicyclic) bond motifs is 1. The van der Waals surface area contributed by atoms with Crippen LogP contribution in [0.25, 0.3) is 11.1 Å². The first-order valence-electron chi connectivity index (χ1n) is 9.56. The van der Waals surface area contributed by atoms with Crippen molar-refractivity contribution in [3.05, 3.63) is 87.3 Å². The molecule has 2 aromatic carbocycles. The maximum atomic E-state index is 13.1. The topological polar surface area (TPSA) is 66.1 Å². The van der Waals surface area contributed by atoms with Gasteiger partial charge in [-0.2, -0.15) is 5.10 Å². The Morgan fingerprint density at radius 2 is 1.89 bits per heavy atom. The van der Waals surface area contributed by atoms with Crippen LogP contribution in [0.2, 0.25) is 0 Å². The molecule has 0 radical (unpaired) electrons. The quantitative estimate of drug-likeness (QED) is 0.757. The summed E-state index contributed by atoms with van der Waals surface area (Å²) in [6.45, 7) is 1.83.